The van der Waals surface area contributed by atoms with E-state index in [2.05, 4.69) is 48.6 Å². The van der Waals surface area contributed by atoms with Crippen molar-refractivity contribution in [3.8, 4) is 0 Å². The van der Waals surface area contributed by atoms with Crippen molar-refractivity contribution >= 4 is 0 Å². The molecule has 0 aliphatic heterocycles. The molecule has 1 aromatic heterocycles. The highest BCUT2D eigenvalue weighted by atomic mass is 16.3. The van der Waals surface area contributed by atoms with Gasteiger partial charge in [0.25, 0.3) is 0 Å². The summed E-state index contributed by atoms with van der Waals surface area (Å²) in [5.41, 5.74) is 1.26. The molecule has 118 valence electrons. The number of hydrogen-bond acceptors (Lipinski definition) is 3. The maximum absolute atomic E-state index is 9.10. The zero-order valence-corrected chi connectivity index (χ0v) is 13.2. The molecule has 3 heteroatoms. The lowest BCUT2D eigenvalue weighted by molar-refractivity contribution is 0.274. The normalized spacial score (nSPS) is 21.7. The number of aliphatic hydroxyl groups excluding tert-OH is 1. The maximum Gasteiger partial charge on any atom is 0.117 e. The molecule has 0 amide bonds. The van der Waals surface area contributed by atoms with Crippen LogP contribution in [0.5, 0.6) is 0 Å². The fourth-order valence-corrected chi connectivity index (χ4v) is 3.00. The van der Waals surface area contributed by atoms with Gasteiger partial charge >= 0.3 is 0 Å². The van der Waals surface area contributed by atoms with Crippen LogP contribution in [0, 0.1) is 5.92 Å². The Hall–Kier alpha value is -1.58. The van der Waals surface area contributed by atoms with Crippen molar-refractivity contribution < 1.29 is 9.52 Å². The van der Waals surface area contributed by atoms with Gasteiger partial charge in [0, 0.05) is 18.6 Å². The first-order chi connectivity index (χ1) is 10.8. The molecule has 2 aromatic rings. The number of nitrogens with one attached hydrogen (secondary N) is 1. The molecule has 0 spiro atoms. The zero-order valence-electron chi connectivity index (χ0n) is 13.2. The minimum Gasteiger partial charge on any atom is -0.464 e. The van der Waals surface area contributed by atoms with Gasteiger partial charge < -0.3 is 14.8 Å². The second-order valence-electron chi connectivity index (χ2n) is 6.33. The lowest BCUT2D eigenvalue weighted by Crippen LogP contribution is -2.21. The Labute approximate surface area is 132 Å². The zero-order chi connectivity index (χ0) is 15.4. The Morgan fingerprint density at radius 1 is 1.23 bits per heavy atom. The first-order valence-electron chi connectivity index (χ1n) is 8.25. The Morgan fingerprint density at radius 3 is 2.68 bits per heavy atom. The van der Waals surface area contributed by atoms with E-state index in [0.29, 0.717) is 5.92 Å². The standard InChI is InChI=1S/C19H25NO2/c1-14-12-17(14)19-10-9-16(22-19)13-20-18(8-5-11-21)15-6-3-2-4-7-15/h2-4,6-7,9-10,14,17-18,20-21H,5,8,11-13H2,1H3. The predicted molar refractivity (Wildman–Crippen MR) is 87.6 cm³/mol. The highest BCUT2D eigenvalue weighted by Crippen LogP contribution is 2.47. The summed E-state index contributed by atoms with van der Waals surface area (Å²) in [5.74, 6) is 3.54. The summed E-state index contributed by atoms with van der Waals surface area (Å²) < 4.78 is 5.96. The molecule has 1 saturated carbocycles. The van der Waals surface area contributed by atoms with Gasteiger partial charge in [-0.1, -0.05) is 37.3 Å². The van der Waals surface area contributed by atoms with Gasteiger partial charge in [-0.15, -0.1) is 0 Å². The molecule has 1 aliphatic rings. The van der Waals surface area contributed by atoms with E-state index in [1.807, 2.05) is 6.07 Å². The molecule has 1 fully saturated rings. The minimum absolute atomic E-state index is 0.232. The molecule has 1 aromatic carbocycles. The summed E-state index contributed by atoms with van der Waals surface area (Å²) in [6.07, 6.45) is 2.98. The fourth-order valence-electron chi connectivity index (χ4n) is 3.00. The average Bonchev–Trinajstić information content (AvgIpc) is 3.10. The second kappa shape index (κ2) is 7.12. The molecule has 22 heavy (non-hydrogen) atoms. The van der Waals surface area contributed by atoms with E-state index >= 15 is 0 Å². The third-order valence-electron chi connectivity index (χ3n) is 4.53. The monoisotopic (exact) mass is 299 g/mol. The maximum atomic E-state index is 9.10. The van der Waals surface area contributed by atoms with Gasteiger partial charge in [-0.05, 0) is 42.9 Å². The summed E-state index contributed by atoms with van der Waals surface area (Å²) in [4.78, 5) is 0. The van der Waals surface area contributed by atoms with Gasteiger partial charge in [-0.3, -0.25) is 0 Å². The van der Waals surface area contributed by atoms with Crippen LogP contribution >= 0.6 is 0 Å². The highest BCUT2D eigenvalue weighted by molar-refractivity contribution is 5.20. The largest absolute Gasteiger partial charge is 0.464 e. The number of benzene rings is 1. The lowest BCUT2D eigenvalue weighted by Gasteiger charge is -2.18. The van der Waals surface area contributed by atoms with E-state index < -0.39 is 0 Å². The van der Waals surface area contributed by atoms with Gasteiger partial charge in [0.2, 0.25) is 0 Å². The highest BCUT2D eigenvalue weighted by Gasteiger charge is 2.36. The Morgan fingerprint density at radius 2 is 2.00 bits per heavy atom. The van der Waals surface area contributed by atoms with Gasteiger partial charge in [-0.2, -0.15) is 0 Å². The van der Waals surface area contributed by atoms with Crippen LogP contribution in [0.4, 0.5) is 0 Å². The van der Waals surface area contributed by atoms with E-state index in [4.69, 9.17) is 9.52 Å². The fraction of sp³-hybridized carbons (Fsp3) is 0.474. The molecule has 3 unspecified atom stereocenters. The predicted octanol–water partition coefficient (Wildman–Crippen LogP) is 4.01. The molecule has 1 heterocycles. The topological polar surface area (TPSA) is 45.4 Å². The lowest BCUT2D eigenvalue weighted by atomic mass is 10.0. The quantitative estimate of drug-likeness (QED) is 0.774. The van der Waals surface area contributed by atoms with Gasteiger partial charge in [0.1, 0.15) is 11.5 Å². The van der Waals surface area contributed by atoms with Crippen molar-refractivity contribution in [3.05, 3.63) is 59.5 Å². The summed E-state index contributed by atoms with van der Waals surface area (Å²) in [6, 6.07) is 14.9. The van der Waals surface area contributed by atoms with Crippen molar-refractivity contribution in [2.45, 2.75) is 44.7 Å². The molecule has 3 nitrogen and oxygen atoms in total. The third kappa shape index (κ3) is 3.79. The van der Waals surface area contributed by atoms with Crippen LogP contribution < -0.4 is 5.32 Å². The van der Waals surface area contributed by atoms with Crippen LogP contribution in [0.25, 0.3) is 0 Å². The molecule has 0 radical (unpaired) electrons. The first kappa shape index (κ1) is 15.3. The van der Waals surface area contributed by atoms with Gasteiger partial charge in [0.15, 0.2) is 0 Å². The Balaban J connectivity index is 1.59. The summed E-state index contributed by atoms with van der Waals surface area (Å²) in [5, 5.41) is 12.7. The molecule has 2 N–H and O–H groups in total. The van der Waals surface area contributed by atoms with Crippen LogP contribution in [0.2, 0.25) is 0 Å². The summed E-state index contributed by atoms with van der Waals surface area (Å²) >= 11 is 0. The van der Waals surface area contributed by atoms with Crippen LogP contribution in [-0.2, 0) is 6.54 Å². The smallest absolute Gasteiger partial charge is 0.117 e. The van der Waals surface area contributed by atoms with Crippen molar-refractivity contribution in [2.75, 3.05) is 6.61 Å². The van der Waals surface area contributed by atoms with E-state index in [0.717, 1.165) is 36.8 Å². The van der Waals surface area contributed by atoms with E-state index in [1.54, 1.807) is 0 Å². The van der Waals surface area contributed by atoms with Crippen LogP contribution in [0.15, 0.2) is 46.9 Å². The van der Waals surface area contributed by atoms with Crippen LogP contribution in [0.3, 0.4) is 0 Å². The summed E-state index contributed by atoms with van der Waals surface area (Å²) in [6.45, 7) is 3.23. The van der Waals surface area contributed by atoms with Crippen molar-refractivity contribution in [1.82, 2.24) is 5.32 Å². The number of hydrogen-bond donors (Lipinski definition) is 2. The van der Waals surface area contributed by atoms with Crippen molar-refractivity contribution in [3.63, 3.8) is 0 Å². The number of aliphatic hydroxyl groups is 1. The number of furan rings is 1. The molecular formula is C19H25NO2. The van der Waals surface area contributed by atoms with E-state index in [9.17, 15) is 0 Å². The molecule has 3 atom stereocenters. The molecule has 0 saturated heterocycles. The Kier molecular flexibility index (Phi) is 4.96. The molecular weight excluding hydrogens is 274 g/mol. The third-order valence-corrected chi connectivity index (χ3v) is 4.53. The van der Waals surface area contributed by atoms with Gasteiger partial charge in [0.05, 0.1) is 6.54 Å². The van der Waals surface area contributed by atoms with E-state index in [-0.39, 0.29) is 12.6 Å². The molecule has 3 rings (SSSR count). The van der Waals surface area contributed by atoms with Crippen molar-refractivity contribution in [2.24, 2.45) is 5.92 Å². The molecule has 0 bridgehead atoms. The van der Waals surface area contributed by atoms with Crippen LogP contribution in [0.1, 0.15) is 55.2 Å². The SMILES string of the molecule is CC1CC1c1ccc(CNC(CCCO)c2ccccc2)o1. The van der Waals surface area contributed by atoms with Gasteiger partial charge in [-0.25, -0.2) is 0 Å². The summed E-state index contributed by atoms with van der Waals surface area (Å²) in [7, 11) is 0. The van der Waals surface area contributed by atoms with Crippen LogP contribution in [-0.4, -0.2) is 11.7 Å². The first-order valence-corrected chi connectivity index (χ1v) is 8.25. The number of rotatable bonds is 8. The minimum atomic E-state index is 0.232. The second-order valence-corrected chi connectivity index (χ2v) is 6.33. The average molecular weight is 299 g/mol. The van der Waals surface area contributed by atoms with Crippen molar-refractivity contribution in [1.29, 1.82) is 0 Å². The van der Waals surface area contributed by atoms with E-state index in [1.165, 1.54) is 12.0 Å². The Bertz CT molecular complexity index is 578. The molecule has 1 aliphatic carbocycles.